The normalized spacial score (nSPS) is 16.5. The fraction of sp³-hybridized carbons (Fsp3) is 0.400. The first-order chi connectivity index (χ1) is 14.2. The number of methoxy groups -OCH3 is 1. The number of ether oxygens (including phenoxy) is 1. The van der Waals surface area contributed by atoms with Crippen LogP contribution < -0.4 is 10.6 Å². The van der Waals surface area contributed by atoms with Gasteiger partial charge in [0, 0.05) is 32.2 Å². The Labute approximate surface area is 169 Å². The molecule has 1 unspecified atom stereocenters. The number of aromatic nitrogens is 4. The van der Waals surface area contributed by atoms with E-state index < -0.39 is 0 Å². The highest BCUT2D eigenvalue weighted by molar-refractivity contribution is 5.79. The van der Waals surface area contributed by atoms with Gasteiger partial charge in [-0.15, -0.1) is 0 Å². The maximum Gasteiger partial charge on any atom is 0.226 e. The molecule has 0 fully saturated rings. The van der Waals surface area contributed by atoms with Crippen LogP contribution >= 0.6 is 0 Å². The summed E-state index contributed by atoms with van der Waals surface area (Å²) < 4.78 is 12.7. The maximum absolute atomic E-state index is 5.59. The molecule has 2 aromatic heterocycles. The van der Waals surface area contributed by atoms with Gasteiger partial charge >= 0.3 is 0 Å². The van der Waals surface area contributed by atoms with Crippen LogP contribution in [0.15, 0.2) is 46.0 Å². The highest BCUT2D eigenvalue weighted by Gasteiger charge is 2.22. The summed E-state index contributed by atoms with van der Waals surface area (Å²) in [6.07, 6.45) is 3.51. The van der Waals surface area contributed by atoms with Gasteiger partial charge in [0.15, 0.2) is 11.8 Å². The van der Waals surface area contributed by atoms with E-state index in [1.807, 2.05) is 35.0 Å². The number of hydrogen-bond donors (Lipinski definition) is 2. The Bertz CT molecular complexity index is 964. The largest absolute Gasteiger partial charge is 0.444 e. The quantitative estimate of drug-likeness (QED) is 0.484. The average molecular weight is 395 g/mol. The van der Waals surface area contributed by atoms with Gasteiger partial charge in [-0.1, -0.05) is 18.2 Å². The third-order valence-corrected chi connectivity index (χ3v) is 4.75. The minimum absolute atomic E-state index is 0.225. The van der Waals surface area contributed by atoms with Crippen molar-refractivity contribution in [2.45, 2.75) is 38.6 Å². The van der Waals surface area contributed by atoms with Gasteiger partial charge < -0.3 is 19.8 Å². The molecule has 4 rings (SSSR count). The Morgan fingerprint density at radius 1 is 1.31 bits per heavy atom. The van der Waals surface area contributed by atoms with E-state index in [0.717, 1.165) is 48.3 Å². The van der Waals surface area contributed by atoms with Crippen LogP contribution in [0.5, 0.6) is 0 Å². The molecule has 0 aliphatic carbocycles. The van der Waals surface area contributed by atoms with Gasteiger partial charge in [-0.2, -0.15) is 5.10 Å². The molecule has 0 amide bonds. The molecule has 0 saturated heterocycles. The van der Waals surface area contributed by atoms with Crippen molar-refractivity contribution < 1.29 is 9.15 Å². The van der Waals surface area contributed by atoms with Crippen molar-refractivity contribution in [2.24, 2.45) is 4.99 Å². The monoisotopic (exact) mass is 395 g/mol. The first-order valence-corrected chi connectivity index (χ1v) is 9.63. The van der Waals surface area contributed by atoms with Gasteiger partial charge in [0.05, 0.1) is 18.8 Å². The number of nitrogens with zero attached hydrogens (tertiary/aromatic N) is 5. The standard InChI is InChI=1S/C20H25N7O2/c1-21-20(22-10-16-12-29-19(23-16)14-6-4-3-5-7-14)24-15-8-9-18-25-17(13-28-2)26-27(18)11-15/h3-7,12,15H,8-11,13H2,1-2H3,(H2,21,22,24). The van der Waals surface area contributed by atoms with E-state index in [0.29, 0.717) is 19.0 Å². The molecule has 1 aliphatic heterocycles. The fourth-order valence-electron chi connectivity index (χ4n) is 3.33. The second kappa shape index (κ2) is 8.87. The molecule has 152 valence electrons. The number of guanidine groups is 1. The lowest BCUT2D eigenvalue weighted by atomic mass is 10.1. The van der Waals surface area contributed by atoms with Gasteiger partial charge in [-0.3, -0.25) is 4.99 Å². The lowest BCUT2D eigenvalue weighted by Gasteiger charge is -2.25. The zero-order chi connectivity index (χ0) is 20.1. The predicted octanol–water partition coefficient (Wildman–Crippen LogP) is 1.76. The number of nitrogens with one attached hydrogen (secondary N) is 2. The van der Waals surface area contributed by atoms with Crippen molar-refractivity contribution in [2.75, 3.05) is 14.2 Å². The molecule has 3 aromatic rings. The molecule has 1 atom stereocenters. The van der Waals surface area contributed by atoms with Crippen LogP contribution in [0, 0.1) is 0 Å². The molecule has 3 heterocycles. The molecule has 29 heavy (non-hydrogen) atoms. The number of rotatable bonds is 6. The number of hydrogen-bond acceptors (Lipinski definition) is 6. The first kappa shape index (κ1) is 19.1. The molecular formula is C20H25N7O2. The van der Waals surface area contributed by atoms with Crippen LogP contribution in [-0.4, -0.2) is 45.9 Å². The van der Waals surface area contributed by atoms with E-state index >= 15 is 0 Å². The number of aliphatic imine (C=N–C) groups is 1. The molecule has 1 aliphatic rings. The second-order valence-corrected chi connectivity index (χ2v) is 6.88. The highest BCUT2D eigenvalue weighted by atomic mass is 16.5. The van der Waals surface area contributed by atoms with E-state index in [2.05, 4.69) is 30.7 Å². The zero-order valence-corrected chi connectivity index (χ0v) is 16.6. The Morgan fingerprint density at radius 2 is 2.17 bits per heavy atom. The van der Waals surface area contributed by atoms with E-state index in [9.17, 15) is 0 Å². The summed E-state index contributed by atoms with van der Waals surface area (Å²) in [4.78, 5) is 13.4. The van der Waals surface area contributed by atoms with Crippen LogP contribution in [0.3, 0.4) is 0 Å². The Hall–Kier alpha value is -3.20. The summed E-state index contributed by atoms with van der Waals surface area (Å²) in [5, 5.41) is 11.3. The van der Waals surface area contributed by atoms with Crippen LogP contribution in [0.25, 0.3) is 11.5 Å². The molecule has 0 saturated carbocycles. The number of fused-ring (bicyclic) bond motifs is 1. The minimum Gasteiger partial charge on any atom is -0.444 e. The van der Waals surface area contributed by atoms with Crippen molar-refractivity contribution >= 4 is 5.96 Å². The third-order valence-electron chi connectivity index (χ3n) is 4.75. The van der Waals surface area contributed by atoms with Crippen LogP contribution in [-0.2, 0) is 30.9 Å². The topological polar surface area (TPSA) is 102 Å². The summed E-state index contributed by atoms with van der Waals surface area (Å²) in [5.74, 6) is 3.07. The minimum atomic E-state index is 0.225. The van der Waals surface area contributed by atoms with Crippen molar-refractivity contribution in [1.82, 2.24) is 30.4 Å². The smallest absolute Gasteiger partial charge is 0.226 e. The van der Waals surface area contributed by atoms with Gasteiger partial charge in [0.25, 0.3) is 0 Å². The van der Waals surface area contributed by atoms with Gasteiger partial charge in [-0.05, 0) is 18.6 Å². The SMILES string of the molecule is CN=C(NCc1coc(-c2ccccc2)n1)NC1CCc2nc(COC)nn2C1. The summed E-state index contributed by atoms with van der Waals surface area (Å²) in [6, 6.07) is 10.1. The molecule has 0 spiro atoms. The number of aryl methyl sites for hydroxylation is 1. The van der Waals surface area contributed by atoms with E-state index in [-0.39, 0.29) is 6.04 Å². The predicted molar refractivity (Wildman–Crippen MR) is 108 cm³/mol. The van der Waals surface area contributed by atoms with Crippen LogP contribution in [0.2, 0.25) is 0 Å². The maximum atomic E-state index is 5.59. The summed E-state index contributed by atoms with van der Waals surface area (Å²) >= 11 is 0. The van der Waals surface area contributed by atoms with Gasteiger partial charge in [0.2, 0.25) is 5.89 Å². The van der Waals surface area contributed by atoms with Crippen LogP contribution in [0.4, 0.5) is 0 Å². The van der Waals surface area contributed by atoms with Crippen molar-refractivity contribution in [3.05, 3.63) is 53.9 Å². The first-order valence-electron chi connectivity index (χ1n) is 9.63. The summed E-state index contributed by atoms with van der Waals surface area (Å²) in [6.45, 7) is 1.70. The Balaban J connectivity index is 1.32. The number of oxazole rings is 1. The highest BCUT2D eigenvalue weighted by Crippen LogP contribution is 2.18. The molecule has 0 bridgehead atoms. The zero-order valence-electron chi connectivity index (χ0n) is 16.6. The fourth-order valence-corrected chi connectivity index (χ4v) is 3.33. The number of benzene rings is 1. The molecular weight excluding hydrogens is 370 g/mol. The average Bonchev–Trinajstić information content (AvgIpc) is 3.38. The molecule has 0 radical (unpaired) electrons. The molecule has 9 heteroatoms. The third kappa shape index (κ3) is 4.62. The van der Waals surface area contributed by atoms with Gasteiger partial charge in [-0.25, -0.2) is 14.6 Å². The van der Waals surface area contributed by atoms with E-state index in [1.54, 1.807) is 20.4 Å². The molecule has 1 aromatic carbocycles. The van der Waals surface area contributed by atoms with Crippen LogP contribution in [0.1, 0.15) is 23.8 Å². The molecule has 9 nitrogen and oxygen atoms in total. The lowest BCUT2D eigenvalue weighted by Crippen LogP contribution is -2.46. The van der Waals surface area contributed by atoms with Gasteiger partial charge in [0.1, 0.15) is 18.7 Å². The Kier molecular flexibility index (Phi) is 5.85. The van der Waals surface area contributed by atoms with Crippen molar-refractivity contribution in [3.63, 3.8) is 0 Å². The van der Waals surface area contributed by atoms with Crippen molar-refractivity contribution in [3.8, 4) is 11.5 Å². The summed E-state index contributed by atoms with van der Waals surface area (Å²) in [5.41, 5.74) is 1.78. The van der Waals surface area contributed by atoms with E-state index in [4.69, 9.17) is 9.15 Å². The molecule has 2 N–H and O–H groups in total. The van der Waals surface area contributed by atoms with Crippen molar-refractivity contribution in [1.29, 1.82) is 0 Å². The Morgan fingerprint density at radius 3 is 2.97 bits per heavy atom. The lowest BCUT2D eigenvalue weighted by molar-refractivity contribution is 0.177. The summed E-state index contributed by atoms with van der Waals surface area (Å²) in [7, 11) is 3.41. The second-order valence-electron chi connectivity index (χ2n) is 6.88. The van der Waals surface area contributed by atoms with E-state index in [1.165, 1.54) is 0 Å².